The Bertz CT molecular complexity index is 637. The lowest BCUT2D eigenvalue weighted by atomic mass is 10.3. The Morgan fingerprint density at radius 1 is 1.24 bits per heavy atom. The van der Waals surface area contributed by atoms with Gasteiger partial charge >= 0.3 is 5.97 Å². The summed E-state index contributed by atoms with van der Waals surface area (Å²) in [6, 6.07) is 6.62. The highest BCUT2D eigenvalue weighted by atomic mass is 32.9. The summed E-state index contributed by atoms with van der Waals surface area (Å²) in [6.07, 6.45) is 1.64. The maximum Gasteiger partial charge on any atom is 0.346 e. The summed E-state index contributed by atoms with van der Waals surface area (Å²) in [7, 11) is 0. The predicted molar refractivity (Wildman–Crippen MR) is 110 cm³/mol. The molecular formula is C17H26NO4PS2. The first-order valence-corrected chi connectivity index (χ1v) is 12.5. The number of benzene rings is 1. The second-order valence-electron chi connectivity index (χ2n) is 5.19. The standard InChI is InChI=1S/C17H26NO4PS2/c1-5-12-23(24,22-7-3)25-16(17(20)21-6-2)13(4)18-14-8-10-15(19)11-9-14/h8-11,18-19H,5-7,12H2,1-4H3/b16-13-. The van der Waals surface area contributed by atoms with Gasteiger partial charge in [0.15, 0.2) is 0 Å². The van der Waals surface area contributed by atoms with Crippen LogP contribution in [0.15, 0.2) is 34.9 Å². The Labute approximate surface area is 159 Å². The molecule has 0 bridgehead atoms. The first-order valence-electron chi connectivity index (χ1n) is 8.22. The smallest absolute Gasteiger partial charge is 0.346 e. The van der Waals surface area contributed by atoms with E-state index in [0.717, 1.165) is 18.3 Å². The Morgan fingerprint density at radius 2 is 1.88 bits per heavy atom. The molecule has 0 saturated heterocycles. The van der Waals surface area contributed by atoms with E-state index in [2.05, 4.69) is 12.2 Å². The van der Waals surface area contributed by atoms with E-state index >= 15 is 0 Å². The van der Waals surface area contributed by atoms with Crippen molar-refractivity contribution < 1.29 is 19.2 Å². The minimum atomic E-state index is -2.21. The second-order valence-corrected chi connectivity index (χ2v) is 12.5. The van der Waals surface area contributed by atoms with Gasteiger partial charge in [0.2, 0.25) is 0 Å². The highest BCUT2D eigenvalue weighted by Gasteiger charge is 2.26. The molecule has 0 heterocycles. The topological polar surface area (TPSA) is 67.8 Å². The van der Waals surface area contributed by atoms with E-state index in [-0.39, 0.29) is 5.75 Å². The zero-order valence-corrected chi connectivity index (χ0v) is 17.6. The lowest BCUT2D eigenvalue weighted by Crippen LogP contribution is -2.11. The summed E-state index contributed by atoms with van der Waals surface area (Å²) in [4.78, 5) is 12.9. The zero-order valence-electron chi connectivity index (χ0n) is 15.1. The van der Waals surface area contributed by atoms with Crippen LogP contribution in [-0.4, -0.2) is 30.5 Å². The van der Waals surface area contributed by atoms with Crippen LogP contribution in [0.3, 0.4) is 0 Å². The van der Waals surface area contributed by atoms with Crippen LogP contribution in [0, 0.1) is 0 Å². The number of hydrogen-bond acceptors (Lipinski definition) is 7. The van der Waals surface area contributed by atoms with Crippen molar-refractivity contribution in [3.63, 3.8) is 0 Å². The summed E-state index contributed by atoms with van der Waals surface area (Å²) < 4.78 is 11.0. The molecule has 1 aromatic carbocycles. The molecule has 1 rings (SSSR count). The SMILES string of the molecule is CCCP(=S)(OCC)S/C(C(=O)OCC)=C(/C)Nc1ccc(O)cc1. The largest absolute Gasteiger partial charge is 0.508 e. The van der Waals surface area contributed by atoms with Crippen molar-refractivity contribution in [1.29, 1.82) is 0 Å². The average molecular weight is 404 g/mol. The number of phenols is 1. The predicted octanol–water partition coefficient (Wildman–Crippen LogP) is 5.09. The molecule has 0 saturated carbocycles. The highest BCUT2D eigenvalue weighted by Crippen LogP contribution is 2.63. The Morgan fingerprint density at radius 3 is 2.40 bits per heavy atom. The molecule has 8 heteroatoms. The molecule has 140 valence electrons. The number of ether oxygens (including phenoxy) is 1. The van der Waals surface area contributed by atoms with Crippen LogP contribution in [-0.2, 0) is 25.9 Å². The highest BCUT2D eigenvalue weighted by molar-refractivity contribution is 8.71. The molecule has 0 aliphatic rings. The quantitative estimate of drug-likeness (QED) is 0.244. The number of hydrogen-bond donors (Lipinski definition) is 2. The van der Waals surface area contributed by atoms with Gasteiger partial charge in [-0.25, -0.2) is 4.79 Å². The minimum absolute atomic E-state index is 0.182. The van der Waals surface area contributed by atoms with Gasteiger partial charge in [0, 0.05) is 24.2 Å². The van der Waals surface area contributed by atoms with Crippen molar-refractivity contribution in [2.75, 3.05) is 24.7 Å². The number of allylic oxidation sites excluding steroid dienone is 1. The summed E-state index contributed by atoms with van der Waals surface area (Å²) in [5.74, 6) is -0.219. The first-order chi connectivity index (χ1) is 11.8. The van der Waals surface area contributed by atoms with Crippen molar-refractivity contribution in [3.8, 4) is 5.75 Å². The monoisotopic (exact) mass is 403 g/mol. The third-order valence-corrected chi connectivity index (χ3v) is 9.42. The molecule has 1 atom stereocenters. The van der Waals surface area contributed by atoms with Gasteiger partial charge in [-0.1, -0.05) is 30.1 Å². The lowest BCUT2D eigenvalue weighted by molar-refractivity contribution is -0.137. The van der Waals surface area contributed by atoms with Crippen molar-refractivity contribution in [2.45, 2.75) is 34.1 Å². The fourth-order valence-corrected chi connectivity index (χ4v) is 8.13. The molecule has 0 aliphatic heterocycles. The summed E-state index contributed by atoms with van der Waals surface area (Å²) >= 11 is 7.05. The molecule has 0 radical (unpaired) electrons. The molecule has 0 fully saturated rings. The molecule has 0 aromatic heterocycles. The zero-order chi connectivity index (χ0) is 18.9. The van der Waals surface area contributed by atoms with Crippen LogP contribution in [0.1, 0.15) is 34.1 Å². The Kier molecular flexibility index (Phi) is 9.57. The average Bonchev–Trinajstić information content (AvgIpc) is 2.55. The van der Waals surface area contributed by atoms with E-state index in [1.807, 2.05) is 13.8 Å². The van der Waals surface area contributed by atoms with E-state index < -0.39 is 11.4 Å². The van der Waals surface area contributed by atoms with Crippen LogP contribution in [0.4, 0.5) is 5.69 Å². The molecule has 0 amide bonds. The normalized spacial score (nSPS) is 14.4. The van der Waals surface area contributed by atoms with E-state index in [1.54, 1.807) is 31.2 Å². The number of nitrogens with one attached hydrogen (secondary N) is 1. The summed E-state index contributed by atoms with van der Waals surface area (Å²) in [5.41, 5.74) is -0.794. The van der Waals surface area contributed by atoms with Gasteiger partial charge in [-0.2, -0.15) is 0 Å². The van der Waals surface area contributed by atoms with Gasteiger partial charge in [-0.15, -0.1) is 0 Å². The Balaban J connectivity index is 3.14. The fourth-order valence-electron chi connectivity index (χ4n) is 2.02. The van der Waals surface area contributed by atoms with E-state index in [0.29, 0.717) is 23.8 Å². The molecule has 0 spiro atoms. The van der Waals surface area contributed by atoms with Crippen molar-refractivity contribution in [2.24, 2.45) is 0 Å². The summed E-state index contributed by atoms with van der Waals surface area (Å²) in [6.45, 7) is 8.35. The van der Waals surface area contributed by atoms with Crippen LogP contribution in [0.25, 0.3) is 0 Å². The fraction of sp³-hybridized carbons (Fsp3) is 0.471. The van der Waals surface area contributed by atoms with E-state index in [9.17, 15) is 9.90 Å². The van der Waals surface area contributed by atoms with Crippen LogP contribution >= 0.6 is 16.8 Å². The van der Waals surface area contributed by atoms with Crippen LogP contribution in [0.2, 0.25) is 0 Å². The maximum absolute atomic E-state index is 12.5. The van der Waals surface area contributed by atoms with Gasteiger partial charge in [0.05, 0.1) is 6.61 Å². The molecule has 5 nitrogen and oxygen atoms in total. The van der Waals surface area contributed by atoms with Crippen molar-refractivity contribution in [1.82, 2.24) is 0 Å². The van der Waals surface area contributed by atoms with E-state index in [4.69, 9.17) is 21.1 Å². The number of phenolic OH excluding ortho intramolecular Hbond substituents is 1. The van der Waals surface area contributed by atoms with Gasteiger partial charge in [0.1, 0.15) is 16.1 Å². The second kappa shape index (κ2) is 10.9. The minimum Gasteiger partial charge on any atom is -0.508 e. The van der Waals surface area contributed by atoms with Gasteiger partial charge < -0.3 is 19.7 Å². The maximum atomic E-state index is 12.5. The lowest BCUT2D eigenvalue weighted by Gasteiger charge is -2.22. The molecule has 1 unspecified atom stereocenters. The van der Waals surface area contributed by atoms with Crippen LogP contribution < -0.4 is 5.32 Å². The van der Waals surface area contributed by atoms with Gasteiger partial charge in [0.25, 0.3) is 0 Å². The van der Waals surface area contributed by atoms with E-state index in [1.165, 1.54) is 11.4 Å². The van der Waals surface area contributed by atoms with Crippen LogP contribution in [0.5, 0.6) is 5.75 Å². The Hall–Kier alpha value is -1.01. The number of carbonyl (C=O) groups excluding carboxylic acids is 1. The number of anilines is 1. The number of aromatic hydroxyl groups is 1. The molecule has 0 aliphatic carbocycles. The van der Waals surface area contributed by atoms with Crippen molar-refractivity contribution in [3.05, 3.63) is 34.9 Å². The van der Waals surface area contributed by atoms with Crippen molar-refractivity contribution >= 4 is 40.3 Å². The first kappa shape index (κ1) is 22.0. The molecule has 25 heavy (non-hydrogen) atoms. The molecule has 1 aromatic rings. The molecular weight excluding hydrogens is 377 g/mol. The third-order valence-electron chi connectivity index (χ3n) is 3.05. The molecule has 2 N–H and O–H groups in total. The number of esters is 1. The third kappa shape index (κ3) is 7.40. The summed E-state index contributed by atoms with van der Waals surface area (Å²) in [5, 5.41) is 12.6. The van der Waals surface area contributed by atoms with Gasteiger partial charge in [-0.05, 0) is 51.5 Å². The number of carbonyl (C=O) groups is 1. The number of rotatable bonds is 10. The van der Waals surface area contributed by atoms with Gasteiger partial charge in [-0.3, -0.25) is 0 Å².